The lowest BCUT2D eigenvalue weighted by molar-refractivity contribution is 0.268. The van der Waals surface area contributed by atoms with E-state index in [0.717, 1.165) is 0 Å². The summed E-state index contributed by atoms with van der Waals surface area (Å²) in [4.78, 5) is 0. The Morgan fingerprint density at radius 3 is 2.75 bits per heavy atom. The topological polar surface area (TPSA) is 12.0 Å². The summed E-state index contributed by atoms with van der Waals surface area (Å²) in [6.07, 6.45) is 6.77. The number of rotatable bonds is 0. The van der Waals surface area contributed by atoms with Gasteiger partial charge < -0.3 is 5.32 Å². The van der Waals surface area contributed by atoms with Crippen molar-refractivity contribution in [2.45, 2.75) is 44.4 Å². The first kappa shape index (κ1) is 10.3. The molecule has 0 radical (unpaired) electrons. The summed E-state index contributed by atoms with van der Waals surface area (Å²) in [7, 11) is 0. The molecule has 0 unspecified atom stereocenters. The van der Waals surface area contributed by atoms with Crippen LogP contribution in [0.1, 0.15) is 42.4 Å². The quantitative estimate of drug-likeness (QED) is 0.701. The van der Waals surface area contributed by atoms with E-state index in [1.54, 1.807) is 11.1 Å². The van der Waals surface area contributed by atoms with Gasteiger partial charge in [0.2, 0.25) is 0 Å². The van der Waals surface area contributed by atoms with Gasteiger partial charge in [0, 0.05) is 0 Å². The standard InChI is InChI=1S/C15H21N/c1-12-4-2-6-14-13(12)5-3-7-15(14)8-10-16-11-9-15/h2,4,6,16H,3,5,7-11H2,1H3. The smallest absolute Gasteiger partial charge is 0.00199 e. The first-order chi connectivity index (χ1) is 7.82. The Labute approximate surface area is 98.3 Å². The number of benzene rings is 1. The number of aryl methyl sites for hydroxylation is 1. The van der Waals surface area contributed by atoms with Gasteiger partial charge in [0.25, 0.3) is 0 Å². The van der Waals surface area contributed by atoms with Crippen molar-refractivity contribution in [3.05, 3.63) is 34.9 Å². The van der Waals surface area contributed by atoms with Gasteiger partial charge in [-0.2, -0.15) is 0 Å². The Kier molecular flexibility index (Phi) is 2.51. The van der Waals surface area contributed by atoms with Gasteiger partial charge in [-0.05, 0) is 74.2 Å². The number of fused-ring (bicyclic) bond motifs is 2. The highest BCUT2D eigenvalue weighted by Gasteiger charge is 2.37. The Bertz CT molecular complexity index is 388. The fraction of sp³-hybridized carbons (Fsp3) is 0.600. The van der Waals surface area contributed by atoms with Crippen molar-refractivity contribution in [2.75, 3.05) is 13.1 Å². The van der Waals surface area contributed by atoms with E-state index in [4.69, 9.17) is 0 Å². The fourth-order valence-corrected chi connectivity index (χ4v) is 3.69. The van der Waals surface area contributed by atoms with Crippen LogP contribution in [-0.2, 0) is 11.8 Å². The summed E-state index contributed by atoms with van der Waals surface area (Å²) >= 11 is 0. The van der Waals surface area contributed by atoms with Crippen molar-refractivity contribution in [2.24, 2.45) is 0 Å². The van der Waals surface area contributed by atoms with E-state index in [-0.39, 0.29) is 0 Å². The van der Waals surface area contributed by atoms with Crippen LogP contribution in [0.3, 0.4) is 0 Å². The minimum atomic E-state index is 0.519. The molecule has 1 aromatic carbocycles. The normalized spacial score (nSPS) is 23.1. The van der Waals surface area contributed by atoms with Crippen LogP contribution in [0.15, 0.2) is 18.2 Å². The van der Waals surface area contributed by atoms with Gasteiger partial charge in [-0.3, -0.25) is 0 Å². The SMILES string of the molecule is Cc1cccc2c1CCCC21CCNCC1. The van der Waals surface area contributed by atoms with Crippen LogP contribution in [0.2, 0.25) is 0 Å². The molecule has 2 aliphatic rings. The summed E-state index contributed by atoms with van der Waals surface area (Å²) in [6.45, 7) is 4.68. The van der Waals surface area contributed by atoms with Crippen molar-refractivity contribution in [1.29, 1.82) is 0 Å². The maximum absolute atomic E-state index is 3.50. The predicted octanol–water partition coefficient (Wildman–Crippen LogP) is 2.95. The van der Waals surface area contributed by atoms with E-state index in [2.05, 4.69) is 30.4 Å². The van der Waals surface area contributed by atoms with Crippen LogP contribution in [0.5, 0.6) is 0 Å². The average molecular weight is 215 g/mol. The highest BCUT2D eigenvalue weighted by molar-refractivity contribution is 5.42. The summed E-state index contributed by atoms with van der Waals surface area (Å²) in [5.41, 5.74) is 5.37. The highest BCUT2D eigenvalue weighted by Crippen LogP contribution is 2.44. The second-order valence-corrected chi connectivity index (χ2v) is 5.48. The molecule has 1 heteroatoms. The van der Waals surface area contributed by atoms with Crippen LogP contribution in [0.25, 0.3) is 0 Å². The monoisotopic (exact) mass is 215 g/mol. The van der Waals surface area contributed by atoms with Crippen molar-refractivity contribution >= 4 is 0 Å². The molecule has 0 atom stereocenters. The van der Waals surface area contributed by atoms with E-state index in [9.17, 15) is 0 Å². The first-order valence-electron chi connectivity index (χ1n) is 6.62. The van der Waals surface area contributed by atoms with Gasteiger partial charge in [0.15, 0.2) is 0 Å². The summed E-state index contributed by atoms with van der Waals surface area (Å²) < 4.78 is 0. The Morgan fingerprint density at radius 2 is 1.94 bits per heavy atom. The zero-order valence-electron chi connectivity index (χ0n) is 10.2. The molecular formula is C15H21N. The van der Waals surface area contributed by atoms with E-state index >= 15 is 0 Å². The maximum atomic E-state index is 3.50. The summed E-state index contributed by atoms with van der Waals surface area (Å²) in [6, 6.07) is 6.93. The Hall–Kier alpha value is -0.820. The lowest BCUT2D eigenvalue weighted by Gasteiger charge is -2.43. The molecule has 0 saturated carbocycles. The van der Waals surface area contributed by atoms with Gasteiger partial charge in [-0.1, -0.05) is 18.2 Å². The molecule has 0 bridgehead atoms. The van der Waals surface area contributed by atoms with Gasteiger partial charge in [0.1, 0.15) is 0 Å². The largest absolute Gasteiger partial charge is 0.317 e. The molecule has 86 valence electrons. The average Bonchev–Trinajstić information content (AvgIpc) is 2.32. The van der Waals surface area contributed by atoms with Crippen LogP contribution < -0.4 is 5.32 Å². The molecule has 1 aromatic rings. The molecule has 1 fully saturated rings. The van der Waals surface area contributed by atoms with Crippen molar-refractivity contribution < 1.29 is 0 Å². The minimum Gasteiger partial charge on any atom is -0.317 e. The first-order valence-corrected chi connectivity index (χ1v) is 6.62. The van der Waals surface area contributed by atoms with Gasteiger partial charge in [-0.15, -0.1) is 0 Å². The molecular weight excluding hydrogens is 194 g/mol. The molecule has 1 nitrogen and oxygen atoms in total. The highest BCUT2D eigenvalue weighted by atomic mass is 14.9. The Morgan fingerprint density at radius 1 is 1.12 bits per heavy atom. The van der Waals surface area contributed by atoms with Crippen molar-refractivity contribution in [3.8, 4) is 0 Å². The lowest BCUT2D eigenvalue weighted by atomic mass is 9.64. The molecule has 1 saturated heterocycles. The zero-order chi connectivity index (χ0) is 11.0. The number of nitrogens with one attached hydrogen (secondary N) is 1. The Balaban J connectivity index is 2.08. The molecule has 3 rings (SSSR count). The van der Waals surface area contributed by atoms with Crippen molar-refractivity contribution in [1.82, 2.24) is 5.32 Å². The molecule has 1 heterocycles. The molecule has 0 amide bonds. The molecule has 16 heavy (non-hydrogen) atoms. The molecule has 0 aromatic heterocycles. The predicted molar refractivity (Wildman–Crippen MR) is 67.9 cm³/mol. The van der Waals surface area contributed by atoms with Crippen LogP contribution in [-0.4, -0.2) is 13.1 Å². The zero-order valence-corrected chi connectivity index (χ0v) is 10.2. The second kappa shape index (κ2) is 3.89. The molecule has 1 spiro atoms. The maximum Gasteiger partial charge on any atom is -0.00199 e. The molecule has 1 aliphatic heterocycles. The van der Waals surface area contributed by atoms with E-state index in [1.165, 1.54) is 50.8 Å². The lowest BCUT2D eigenvalue weighted by Crippen LogP contribution is -2.42. The van der Waals surface area contributed by atoms with Crippen LogP contribution in [0, 0.1) is 6.92 Å². The van der Waals surface area contributed by atoms with Crippen molar-refractivity contribution in [3.63, 3.8) is 0 Å². The third-order valence-electron chi connectivity index (χ3n) is 4.62. The van der Waals surface area contributed by atoms with Crippen LogP contribution in [0.4, 0.5) is 0 Å². The number of hydrogen-bond acceptors (Lipinski definition) is 1. The number of hydrogen-bond donors (Lipinski definition) is 1. The van der Waals surface area contributed by atoms with Gasteiger partial charge >= 0.3 is 0 Å². The van der Waals surface area contributed by atoms with Crippen LogP contribution >= 0.6 is 0 Å². The fourth-order valence-electron chi connectivity index (χ4n) is 3.69. The third-order valence-corrected chi connectivity index (χ3v) is 4.62. The summed E-state index contributed by atoms with van der Waals surface area (Å²) in [5, 5.41) is 3.50. The van der Waals surface area contributed by atoms with Gasteiger partial charge in [-0.25, -0.2) is 0 Å². The molecule has 1 N–H and O–H groups in total. The summed E-state index contributed by atoms with van der Waals surface area (Å²) in [5.74, 6) is 0. The number of piperidine rings is 1. The van der Waals surface area contributed by atoms with E-state index < -0.39 is 0 Å². The second-order valence-electron chi connectivity index (χ2n) is 5.48. The molecule has 1 aliphatic carbocycles. The minimum absolute atomic E-state index is 0.519. The van der Waals surface area contributed by atoms with E-state index in [0.29, 0.717) is 5.41 Å². The van der Waals surface area contributed by atoms with Gasteiger partial charge in [0.05, 0.1) is 0 Å². The van der Waals surface area contributed by atoms with E-state index in [1.807, 2.05) is 0 Å². The third kappa shape index (κ3) is 1.49.